The highest BCUT2D eigenvalue weighted by Gasteiger charge is 2.47. The first-order valence-corrected chi connectivity index (χ1v) is 10.1. The molecule has 1 saturated heterocycles. The molecule has 1 aliphatic carbocycles. The van der Waals surface area contributed by atoms with Crippen LogP contribution in [0.15, 0.2) is 48.5 Å². The molecule has 0 bridgehead atoms. The Labute approximate surface area is 183 Å². The monoisotopic (exact) mass is 444 g/mol. The van der Waals surface area contributed by atoms with Gasteiger partial charge in [0.1, 0.15) is 12.6 Å². The minimum Gasteiger partial charge on any atom is -0.480 e. The number of carboxylic acids is 1. The van der Waals surface area contributed by atoms with Crippen molar-refractivity contribution in [3.8, 4) is 11.1 Å². The third-order valence-corrected chi connectivity index (χ3v) is 5.94. The third kappa shape index (κ3) is 4.02. The van der Waals surface area contributed by atoms with Crippen molar-refractivity contribution in [2.45, 2.75) is 24.3 Å². The van der Waals surface area contributed by atoms with Gasteiger partial charge >= 0.3 is 12.1 Å². The maximum absolute atomic E-state index is 13.0. The minimum absolute atomic E-state index is 0.00413. The standard InChI is InChI=1S/C23H22F2N2O5/c1-26(19(21(29)30)10-20(28)27-12-23(24,25)13-27)22(31)32-11-18-16-8-4-2-6-14(16)15-7-3-5-9-17(15)18/h2-9,18-19H,10-13H2,1H3,(H,29,30). The van der Waals surface area contributed by atoms with Crippen LogP contribution in [-0.2, 0) is 14.3 Å². The van der Waals surface area contributed by atoms with Crippen molar-refractivity contribution in [2.75, 3.05) is 26.7 Å². The number of likely N-dealkylation sites (tertiary alicyclic amines) is 1. The molecule has 2 aromatic rings. The van der Waals surface area contributed by atoms with Gasteiger partial charge in [-0.1, -0.05) is 48.5 Å². The molecule has 7 nitrogen and oxygen atoms in total. The molecule has 0 aromatic heterocycles. The van der Waals surface area contributed by atoms with E-state index in [-0.39, 0.29) is 12.5 Å². The maximum atomic E-state index is 13.0. The number of amides is 2. The highest BCUT2D eigenvalue weighted by molar-refractivity contribution is 5.87. The van der Waals surface area contributed by atoms with Gasteiger partial charge in [0.2, 0.25) is 5.91 Å². The lowest BCUT2D eigenvalue weighted by atomic mass is 9.98. The van der Waals surface area contributed by atoms with Crippen LogP contribution in [0.2, 0.25) is 0 Å². The molecule has 32 heavy (non-hydrogen) atoms. The van der Waals surface area contributed by atoms with E-state index >= 15 is 0 Å². The average Bonchev–Trinajstić information content (AvgIpc) is 3.07. The number of rotatable bonds is 6. The number of aliphatic carboxylic acids is 1. The summed E-state index contributed by atoms with van der Waals surface area (Å²) in [7, 11) is 1.22. The van der Waals surface area contributed by atoms with Gasteiger partial charge in [0.25, 0.3) is 5.92 Å². The lowest BCUT2D eigenvalue weighted by Gasteiger charge is -2.39. The van der Waals surface area contributed by atoms with E-state index in [0.717, 1.165) is 32.1 Å². The molecule has 9 heteroatoms. The number of carboxylic acid groups (broad SMARTS) is 1. The summed E-state index contributed by atoms with van der Waals surface area (Å²) in [6.07, 6.45) is -1.51. The van der Waals surface area contributed by atoms with Crippen LogP contribution in [0.25, 0.3) is 11.1 Å². The number of alkyl halides is 2. The number of halogens is 2. The quantitative estimate of drug-likeness (QED) is 0.740. The molecule has 2 aliphatic rings. The smallest absolute Gasteiger partial charge is 0.410 e. The Morgan fingerprint density at radius 2 is 1.62 bits per heavy atom. The number of nitrogens with zero attached hydrogens (tertiary/aromatic N) is 2. The number of hydrogen-bond acceptors (Lipinski definition) is 4. The zero-order valence-corrected chi connectivity index (χ0v) is 17.3. The molecule has 1 heterocycles. The molecule has 168 valence electrons. The van der Waals surface area contributed by atoms with Crippen molar-refractivity contribution in [1.29, 1.82) is 0 Å². The molecule has 1 aliphatic heterocycles. The van der Waals surface area contributed by atoms with Crippen LogP contribution >= 0.6 is 0 Å². The number of likely N-dealkylation sites (N-methyl/N-ethyl adjacent to an activating group) is 1. The zero-order valence-electron chi connectivity index (χ0n) is 17.3. The Bertz CT molecular complexity index is 1020. The van der Waals surface area contributed by atoms with Gasteiger partial charge in [-0.25, -0.2) is 18.4 Å². The fourth-order valence-corrected chi connectivity index (χ4v) is 4.20. The molecule has 0 spiro atoms. The molecule has 0 radical (unpaired) electrons. The topological polar surface area (TPSA) is 87.2 Å². The number of carbonyl (C=O) groups excluding carboxylic acids is 2. The van der Waals surface area contributed by atoms with Crippen molar-refractivity contribution in [2.24, 2.45) is 0 Å². The lowest BCUT2D eigenvalue weighted by Crippen LogP contribution is -2.59. The van der Waals surface area contributed by atoms with E-state index < -0.39 is 49.4 Å². The maximum Gasteiger partial charge on any atom is 0.410 e. The molecule has 1 atom stereocenters. The number of ether oxygens (including phenoxy) is 1. The predicted molar refractivity (Wildman–Crippen MR) is 110 cm³/mol. The second kappa shape index (κ2) is 8.22. The van der Waals surface area contributed by atoms with E-state index in [1.165, 1.54) is 7.05 Å². The van der Waals surface area contributed by atoms with Crippen LogP contribution < -0.4 is 0 Å². The van der Waals surface area contributed by atoms with Gasteiger partial charge in [-0.3, -0.25) is 9.69 Å². The molecule has 1 unspecified atom stereocenters. The van der Waals surface area contributed by atoms with Gasteiger partial charge in [-0.2, -0.15) is 0 Å². The van der Waals surface area contributed by atoms with E-state index in [9.17, 15) is 28.3 Å². The summed E-state index contributed by atoms with van der Waals surface area (Å²) in [5.41, 5.74) is 4.12. The fourth-order valence-electron chi connectivity index (χ4n) is 4.20. The first-order valence-electron chi connectivity index (χ1n) is 10.1. The largest absolute Gasteiger partial charge is 0.480 e. The second-order valence-electron chi connectivity index (χ2n) is 8.08. The van der Waals surface area contributed by atoms with E-state index in [1.54, 1.807) is 0 Å². The Hall–Kier alpha value is -3.49. The first-order chi connectivity index (χ1) is 15.2. The van der Waals surface area contributed by atoms with E-state index in [0.29, 0.717) is 0 Å². The molecule has 1 fully saturated rings. The number of fused-ring (bicyclic) bond motifs is 3. The average molecular weight is 444 g/mol. The summed E-state index contributed by atoms with van der Waals surface area (Å²) in [5.74, 6) is -5.32. The summed E-state index contributed by atoms with van der Waals surface area (Å²) in [6, 6.07) is 14.0. The Morgan fingerprint density at radius 1 is 1.09 bits per heavy atom. The normalized spacial score (nSPS) is 17.0. The van der Waals surface area contributed by atoms with Crippen molar-refractivity contribution in [3.05, 3.63) is 59.7 Å². The van der Waals surface area contributed by atoms with Crippen LogP contribution in [-0.4, -0.2) is 71.6 Å². The Morgan fingerprint density at radius 3 is 2.12 bits per heavy atom. The van der Waals surface area contributed by atoms with Crippen molar-refractivity contribution in [1.82, 2.24) is 9.80 Å². The molecule has 4 rings (SSSR count). The summed E-state index contributed by atoms with van der Waals surface area (Å²) < 4.78 is 31.4. The lowest BCUT2D eigenvalue weighted by molar-refractivity contribution is -0.168. The van der Waals surface area contributed by atoms with Crippen LogP contribution in [0.5, 0.6) is 0 Å². The van der Waals surface area contributed by atoms with E-state index in [1.807, 2.05) is 48.5 Å². The van der Waals surface area contributed by atoms with Gasteiger partial charge in [-0.05, 0) is 22.3 Å². The van der Waals surface area contributed by atoms with Crippen molar-refractivity contribution < 1.29 is 33.0 Å². The molecule has 2 aromatic carbocycles. The first kappa shape index (κ1) is 21.7. The van der Waals surface area contributed by atoms with Gasteiger partial charge in [-0.15, -0.1) is 0 Å². The van der Waals surface area contributed by atoms with Gasteiger partial charge in [0, 0.05) is 13.0 Å². The summed E-state index contributed by atoms with van der Waals surface area (Å²) in [5, 5.41) is 9.49. The molecular formula is C23H22F2N2O5. The van der Waals surface area contributed by atoms with Gasteiger partial charge < -0.3 is 14.7 Å². The van der Waals surface area contributed by atoms with E-state index in [2.05, 4.69) is 0 Å². The SMILES string of the molecule is CN(C(=O)OCC1c2ccccc2-c2ccccc21)C(CC(=O)N1CC(F)(F)C1)C(=O)O. The Balaban J connectivity index is 1.42. The van der Waals surface area contributed by atoms with Crippen LogP contribution in [0, 0.1) is 0 Å². The van der Waals surface area contributed by atoms with E-state index in [4.69, 9.17) is 4.74 Å². The fraction of sp³-hybridized carbons (Fsp3) is 0.348. The van der Waals surface area contributed by atoms with Crippen LogP contribution in [0.1, 0.15) is 23.5 Å². The van der Waals surface area contributed by atoms with Crippen molar-refractivity contribution in [3.63, 3.8) is 0 Å². The Kier molecular flexibility index (Phi) is 5.58. The summed E-state index contributed by atoms with van der Waals surface area (Å²) >= 11 is 0. The molecular weight excluding hydrogens is 422 g/mol. The summed E-state index contributed by atoms with van der Waals surface area (Å²) in [4.78, 5) is 38.1. The summed E-state index contributed by atoms with van der Waals surface area (Å²) in [6.45, 7) is -1.49. The molecule has 2 amide bonds. The van der Waals surface area contributed by atoms with Crippen molar-refractivity contribution >= 4 is 18.0 Å². The van der Waals surface area contributed by atoms with Gasteiger partial charge in [0.15, 0.2) is 0 Å². The predicted octanol–water partition coefficient (Wildman–Crippen LogP) is 3.19. The zero-order chi connectivity index (χ0) is 23.0. The van der Waals surface area contributed by atoms with Crippen LogP contribution in [0.4, 0.5) is 13.6 Å². The molecule has 0 saturated carbocycles. The van der Waals surface area contributed by atoms with Gasteiger partial charge in [0.05, 0.1) is 19.5 Å². The second-order valence-corrected chi connectivity index (χ2v) is 8.08. The highest BCUT2D eigenvalue weighted by Crippen LogP contribution is 2.44. The third-order valence-electron chi connectivity index (χ3n) is 5.94. The molecule has 1 N–H and O–H groups in total. The highest BCUT2D eigenvalue weighted by atomic mass is 19.3. The number of carbonyl (C=O) groups is 3. The number of hydrogen-bond donors (Lipinski definition) is 1. The number of benzene rings is 2. The minimum atomic E-state index is -2.95. The van der Waals surface area contributed by atoms with Crippen LogP contribution in [0.3, 0.4) is 0 Å².